The molecule has 14 heteroatoms. The van der Waals surface area contributed by atoms with Crippen LogP contribution < -0.4 is 9.94 Å². The number of carbonyl (C=O) groups is 2. The number of amides is 1. The normalized spacial score (nSPS) is 12.8. The van der Waals surface area contributed by atoms with Crippen LogP contribution in [0.25, 0.3) is 10.2 Å². The van der Waals surface area contributed by atoms with Gasteiger partial charge in [-0.25, -0.2) is 22.0 Å². The van der Waals surface area contributed by atoms with Crippen LogP contribution in [0.1, 0.15) is 56.3 Å². The summed E-state index contributed by atoms with van der Waals surface area (Å²) in [6.07, 6.45) is 3.24. The van der Waals surface area contributed by atoms with E-state index in [4.69, 9.17) is 9.88 Å². The molecular weight excluding hydrogens is 577 g/mol. The summed E-state index contributed by atoms with van der Waals surface area (Å²) < 4.78 is 58.4. The van der Waals surface area contributed by atoms with Gasteiger partial charge >= 0.3 is 5.97 Å². The van der Waals surface area contributed by atoms with E-state index in [1.807, 2.05) is 13.8 Å². The van der Waals surface area contributed by atoms with Gasteiger partial charge in [-0.3, -0.25) is 9.59 Å². The minimum absolute atomic E-state index is 0.000230. The monoisotopic (exact) mass is 610 g/mol. The van der Waals surface area contributed by atoms with Gasteiger partial charge in [-0.05, 0) is 55.3 Å². The molecule has 2 aromatic carbocycles. The molecule has 0 saturated heterocycles. The lowest BCUT2D eigenvalue weighted by molar-refractivity contribution is -0.140. The molecule has 0 spiro atoms. The van der Waals surface area contributed by atoms with E-state index in [1.165, 1.54) is 53.9 Å². The van der Waals surface area contributed by atoms with Gasteiger partial charge in [0.2, 0.25) is 20.0 Å². The van der Waals surface area contributed by atoms with Crippen molar-refractivity contribution in [2.45, 2.75) is 62.3 Å². The number of thiazole rings is 1. The van der Waals surface area contributed by atoms with Crippen LogP contribution in [0.3, 0.4) is 0 Å². The van der Waals surface area contributed by atoms with Crippen LogP contribution in [0.4, 0.5) is 0 Å². The highest BCUT2D eigenvalue weighted by Crippen LogP contribution is 2.22. The second-order valence-corrected chi connectivity index (χ2v) is 13.6. The molecule has 0 saturated carbocycles. The Kier molecular flexibility index (Phi) is 10.8. The predicted octanol–water partition coefficient (Wildman–Crippen LogP) is 3.25. The van der Waals surface area contributed by atoms with Crippen LogP contribution in [0.15, 0.2) is 57.2 Å². The first-order valence-electron chi connectivity index (χ1n) is 12.8. The van der Waals surface area contributed by atoms with Crippen molar-refractivity contribution in [1.82, 2.24) is 8.87 Å². The summed E-state index contributed by atoms with van der Waals surface area (Å²) in [5, 5.41) is 5.26. The number of nitrogens with two attached hydrogens (primary N) is 1. The standard InChI is InChI=1S/C26H34N4O7S3/c1-4-6-15-29(16-7-5-2)40(35,36)20-10-8-19(9-11-20)25(32)28-26-30(17-14-24(31)37-3)22-13-12-21(39(27,33)34)18-23(22)38-26/h8-13,18H,4-7,14-17H2,1-3H3,(H2,27,33,34). The van der Waals surface area contributed by atoms with E-state index in [2.05, 4.69) is 4.99 Å². The second-order valence-electron chi connectivity index (χ2n) is 9.09. The maximum absolute atomic E-state index is 13.2. The third-order valence-electron chi connectivity index (χ3n) is 6.21. The van der Waals surface area contributed by atoms with Crippen molar-refractivity contribution in [2.24, 2.45) is 10.1 Å². The number of benzene rings is 2. The summed E-state index contributed by atoms with van der Waals surface area (Å²) in [5.41, 5.74) is 0.739. The summed E-state index contributed by atoms with van der Waals surface area (Å²) >= 11 is 1.06. The average molecular weight is 611 g/mol. The van der Waals surface area contributed by atoms with Crippen molar-refractivity contribution in [3.63, 3.8) is 0 Å². The number of carbonyl (C=O) groups excluding carboxylic acids is 2. The fraction of sp³-hybridized carbons (Fsp3) is 0.423. The molecule has 0 unspecified atom stereocenters. The zero-order chi connectivity index (χ0) is 29.5. The Morgan fingerprint density at radius 2 is 1.57 bits per heavy atom. The maximum atomic E-state index is 13.2. The van der Waals surface area contributed by atoms with Crippen LogP contribution in [0.5, 0.6) is 0 Å². The molecule has 3 rings (SSSR count). The summed E-state index contributed by atoms with van der Waals surface area (Å²) in [4.78, 5) is 29.3. The van der Waals surface area contributed by atoms with Crippen LogP contribution in [-0.2, 0) is 36.1 Å². The fourth-order valence-electron chi connectivity index (χ4n) is 3.93. The summed E-state index contributed by atoms with van der Waals surface area (Å²) in [7, 11) is -6.41. The minimum Gasteiger partial charge on any atom is -0.469 e. The second kappa shape index (κ2) is 13.6. The van der Waals surface area contributed by atoms with Gasteiger partial charge in [-0.15, -0.1) is 0 Å². The van der Waals surface area contributed by atoms with Gasteiger partial charge in [0.25, 0.3) is 5.91 Å². The van der Waals surface area contributed by atoms with Crippen molar-refractivity contribution >= 4 is 53.5 Å². The lowest BCUT2D eigenvalue weighted by Gasteiger charge is -2.22. The summed E-state index contributed by atoms with van der Waals surface area (Å²) in [6.45, 7) is 5.00. The number of aryl methyl sites for hydroxylation is 1. The topological polar surface area (TPSA) is 158 Å². The van der Waals surface area contributed by atoms with E-state index in [0.29, 0.717) is 23.3 Å². The van der Waals surface area contributed by atoms with Crippen molar-refractivity contribution in [2.75, 3.05) is 20.2 Å². The molecule has 11 nitrogen and oxygen atoms in total. The summed E-state index contributed by atoms with van der Waals surface area (Å²) in [5.74, 6) is -1.09. The molecule has 218 valence electrons. The first-order valence-corrected chi connectivity index (χ1v) is 16.6. The number of ether oxygens (including phenoxy) is 1. The lowest BCUT2D eigenvalue weighted by atomic mass is 10.2. The van der Waals surface area contributed by atoms with E-state index < -0.39 is 31.9 Å². The molecule has 0 aliphatic heterocycles. The maximum Gasteiger partial charge on any atom is 0.307 e. The Balaban J connectivity index is 1.98. The SMILES string of the molecule is CCCCN(CCCC)S(=O)(=O)c1ccc(C(=O)N=c2sc3cc(S(N)(=O)=O)ccc3n2CCC(=O)OC)cc1. The molecule has 0 atom stereocenters. The Bertz CT molecular complexity index is 1630. The number of fused-ring (bicyclic) bond motifs is 1. The molecule has 2 N–H and O–H groups in total. The number of hydrogen-bond acceptors (Lipinski definition) is 8. The van der Waals surface area contributed by atoms with Gasteiger partial charge < -0.3 is 9.30 Å². The first-order chi connectivity index (χ1) is 18.9. The number of methoxy groups -OCH3 is 1. The highest BCUT2D eigenvalue weighted by atomic mass is 32.2. The third-order valence-corrected chi connectivity index (χ3v) is 10.1. The number of esters is 1. The van der Waals surface area contributed by atoms with Gasteiger partial charge in [0.1, 0.15) is 0 Å². The van der Waals surface area contributed by atoms with Gasteiger partial charge in [0.05, 0.1) is 33.5 Å². The largest absolute Gasteiger partial charge is 0.469 e. The Morgan fingerprint density at radius 1 is 0.975 bits per heavy atom. The highest BCUT2D eigenvalue weighted by Gasteiger charge is 2.24. The van der Waals surface area contributed by atoms with Crippen LogP contribution in [0, 0.1) is 0 Å². The van der Waals surface area contributed by atoms with Crippen molar-refractivity contribution in [3.8, 4) is 0 Å². The number of primary sulfonamides is 1. The Labute approximate surface area is 238 Å². The number of unbranched alkanes of at least 4 members (excludes halogenated alkanes) is 2. The van der Waals surface area contributed by atoms with E-state index in [0.717, 1.165) is 37.0 Å². The molecule has 40 heavy (non-hydrogen) atoms. The molecule has 0 aliphatic rings. The third kappa shape index (κ3) is 7.63. The molecule has 0 fully saturated rings. The van der Waals surface area contributed by atoms with E-state index in [9.17, 15) is 26.4 Å². The highest BCUT2D eigenvalue weighted by molar-refractivity contribution is 7.89. The molecule has 0 bridgehead atoms. The minimum atomic E-state index is -3.95. The van der Waals surface area contributed by atoms with Crippen molar-refractivity contribution in [3.05, 3.63) is 52.8 Å². The van der Waals surface area contributed by atoms with Gasteiger partial charge in [-0.1, -0.05) is 38.0 Å². The average Bonchev–Trinajstić information content (AvgIpc) is 3.27. The van der Waals surface area contributed by atoms with Crippen LogP contribution in [0.2, 0.25) is 0 Å². The molecule has 0 aliphatic carbocycles. The summed E-state index contributed by atoms with van der Waals surface area (Å²) in [6, 6.07) is 9.90. The molecule has 1 heterocycles. The molecule has 1 aromatic heterocycles. The van der Waals surface area contributed by atoms with Gasteiger partial charge in [0.15, 0.2) is 4.80 Å². The zero-order valence-corrected chi connectivity index (χ0v) is 25.1. The molecule has 1 amide bonds. The molecule has 0 radical (unpaired) electrons. The fourth-order valence-corrected chi connectivity index (χ4v) is 7.15. The lowest BCUT2D eigenvalue weighted by Crippen LogP contribution is -2.33. The Hall–Kier alpha value is -2.91. The molecule has 3 aromatic rings. The van der Waals surface area contributed by atoms with Crippen molar-refractivity contribution < 1.29 is 31.2 Å². The van der Waals surface area contributed by atoms with E-state index in [1.54, 1.807) is 4.57 Å². The smallest absolute Gasteiger partial charge is 0.307 e. The van der Waals surface area contributed by atoms with Crippen LogP contribution >= 0.6 is 11.3 Å². The van der Waals surface area contributed by atoms with Gasteiger partial charge in [-0.2, -0.15) is 9.30 Å². The number of hydrogen-bond donors (Lipinski definition) is 1. The number of nitrogens with zero attached hydrogens (tertiary/aromatic N) is 3. The predicted molar refractivity (Wildman–Crippen MR) is 153 cm³/mol. The van der Waals surface area contributed by atoms with Crippen molar-refractivity contribution in [1.29, 1.82) is 0 Å². The van der Waals surface area contributed by atoms with Crippen LogP contribution in [-0.4, -0.2) is 57.8 Å². The number of rotatable bonds is 13. The number of aromatic nitrogens is 1. The van der Waals surface area contributed by atoms with E-state index >= 15 is 0 Å². The number of sulfonamides is 2. The molecular formula is C26H34N4O7S3. The first kappa shape index (κ1) is 31.6. The Morgan fingerprint density at radius 3 is 2.12 bits per heavy atom. The van der Waals surface area contributed by atoms with Gasteiger partial charge in [0, 0.05) is 25.2 Å². The quantitative estimate of drug-likeness (QED) is 0.291. The van der Waals surface area contributed by atoms with E-state index in [-0.39, 0.29) is 33.1 Å². The zero-order valence-electron chi connectivity index (χ0n) is 22.7.